The molecule has 158 valence electrons. The average Bonchev–Trinajstić information content (AvgIpc) is 2.81. The molecule has 0 saturated heterocycles. The summed E-state index contributed by atoms with van der Waals surface area (Å²) >= 11 is 0. The van der Waals surface area contributed by atoms with E-state index in [1.165, 1.54) is 0 Å². The molecule has 2 aromatic rings. The molecule has 1 aliphatic rings. The van der Waals surface area contributed by atoms with E-state index in [4.69, 9.17) is 10.7 Å². The van der Waals surface area contributed by atoms with Gasteiger partial charge >= 0.3 is 0 Å². The zero-order chi connectivity index (χ0) is 21.3. The van der Waals surface area contributed by atoms with Crippen LogP contribution >= 0.6 is 0 Å². The van der Waals surface area contributed by atoms with Crippen molar-refractivity contribution in [1.82, 2.24) is 10.2 Å². The second-order valence-electron chi connectivity index (χ2n) is 7.57. The quantitative estimate of drug-likeness (QED) is 0.687. The minimum absolute atomic E-state index is 0.0184. The summed E-state index contributed by atoms with van der Waals surface area (Å²) in [4.78, 5) is 23.8. The third kappa shape index (κ3) is 5.92. The number of carbonyl (C=O) groups is 1. The van der Waals surface area contributed by atoms with E-state index in [2.05, 4.69) is 28.2 Å². The van der Waals surface area contributed by atoms with Crippen molar-refractivity contribution in [3.05, 3.63) is 65.2 Å². The monoisotopic (exact) mass is 405 g/mol. The van der Waals surface area contributed by atoms with Crippen molar-refractivity contribution in [1.29, 1.82) is 0 Å². The van der Waals surface area contributed by atoms with Gasteiger partial charge in [0, 0.05) is 31.6 Å². The van der Waals surface area contributed by atoms with E-state index in [0.717, 1.165) is 55.0 Å². The van der Waals surface area contributed by atoms with Gasteiger partial charge in [-0.05, 0) is 43.5 Å². The molecule has 0 unspecified atom stereocenters. The standard InChI is InChI=1S/C24H31N5O/c1-3-23-27-16-22(25)28-21-9-5-4-8-20(21)17-29(23)15-7-6-14-26-24(30)19-12-10-18(2)11-13-19/h4-5,8-13H,3,6-7,14-17H2,1-2H3,(H2,25,28)(H,26,30). The first kappa shape index (κ1) is 21.6. The van der Waals surface area contributed by atoms with Gasteiger partial charge in [-0.15, -0.1) is 0 Å². The van der Waals surface area contributed by atoms with Gasteiger partial charge in [0.05, 0.1) is 18.1 Å². The maximum absolute atomic E-state index is 12.2. The van der Waals surface area contributed by atoms with Crippen molar-refractivity contribution < 1.29 is 4.79 Å². The number of amides is 1. The Hall–Kier alpha value is -3.15. The Morgan fingerprint density at radius 3 is 2.67 bits per heavy atom. The Morgan fingerprint density at radius 2 is 1.90 bits per heavy atom. The summed E-state index contributed by atoms with van der Waals surface area (Å²) in [6, 6.07) is 15.8. The first-order valence-corrected chi connectivity index (χ1v) is 10.6. The van der Waals surface area contributed by atoms with E-state index < -0.39 is 0 Å². The molecule has 3 rings (SSSR count). The SMILES string of the molecule is CCC1=NCC(N)=Nc2ccccc2CN1CCCCNC(=O)c1ccc(C)cc1. The third-order valence-electron chi connectivity index (χ3n) is 5.18. The second kappa shape index (κ2) is 10.6. The molecule has 30 heavy (non-hydrogen) atoms. The topological polar surface area (TPSA) is 83.1 Å². The number of carbonyl (C=O) groups excluding carboxylic acids is 1. The fraction of sp³-hybridized carbons (Fsp3) is 0.375. The van der Waals surface area contributed by atoms with Gasteiger partial charge in [-0.2, -0.15) is 0 Å². The molecule has 6 nitrogen and oxygen atoms in total. The molecular weight excluding hydrogens is 374 g/mol. The van der Waals surface area contributed by atoms with Crippen LogP contribution in [0.15, 0.2) is 58.5 Å². The molecule has 0 spiro atoms. The smallest absolute Gasteiger partial charge is 0.251 e. The van der Waals surface area contributed by atoms with E-state index >= 15 is 0 Å². The number of unbranched alkanes of at least 4 members (excludes halogenated alkanes) is 1. The van der Waals surface area contributed by atoms with Crippen LogP contribution < -0.4 is 11.1 Å². The molecule has 0 aromatic heterocycles. The van der Waals surface area contributed by atoms with Crippen LogP contribution in [0.4, 0.5) is 5.69 Å². The van der Waals surface area contributed by atoms with Crippen LogP contribution in [-0.4, -0.2) is 42.1 Å². The highest BCUT2D eigenvalue weighted by Gasteiger charge is 2.15. The van der Waals surface area contributed by atoms with Gasteiger partial charge in [-0.25, -0.2) is 4.99 Å². The number of hydrogen-bond acceptors (Lipinski definition) is 5. The summed E-state index contributed by atoms with van der Waals surface area (Å²) in [6.07, 6.45) is 2.72. The van der Waals surface area contributed by atoms with Crippen molar-refractivity contribution >= 4 is 23.3 Å². The van der Waals surface area contributed by atoms with Crippen LogP contribution in [0.25, 0.3) is 0 Å². The number of benzene rings is 2. The molecule has 0 atom stereocenters. The molecule has 0 saturated carbocycles. The zero-order valence-corrected chi connectivity index (χ0v) is 17.9. The summed E-state index contributed by atoms with van der Waals surface area (Å²) in [7, 11) is 0. The zero-order valence-electron chi connectivity index (χ0n) is 17.9. The number of rotatable bonds is 7. The number of nitrogens with zero attached hydrogens (tertiary/aromatic N) is 3. The minimum atomic E-state index is -0.0184. The Bertz CT molecular complexity index is 917. The number of aliphatic imine (C=N–C) groups is 2. The van der Waals surface area contributed by atoms with Gasteiger partial charge in [0.15, 0.2) is 0 Å². The fourth-order valence-electron chi connectivity index (χ4n) is 3.49. The maximum atomic E-state index is 12.2. The van der Waals surface area contributed by atoms with Crippen LogP contribution in [0.1, 0.15) is 47.7 Å². The molecule has 1 amide bonds. The number of nitrogens with one attached hydrogen (secondary N) is 1. The lowest BCUT2D eigenvalue weighted by Crippen LogP contribution is -2.32. The van der Waals surface area contributed by atoms with Crippen LogP contribution in [0.2, 0.25) is 0 Å². The van der Waals surface area contributed by atoms with Crippen molar-refractivity contribution in [2.75, 3.05) is 19.6 Å². The van der Waals surface area contributed by atoms with Gasteiger partial charge in [0.25, 0.3) is 5.91 Å². The number of aryl methyl sites for hydroxylation is 1. The summed E-state index contributed by atoms with van der Waals surface area (Å²) in [5.41, 5.74) is 9.98. The number of amidine groups is 2. The molecule has 6 heteroatoms. The molecule has 1 aliphatic heterocycles. The lowest BCUT2D eigenvalue weighted by Gasteiger charge is -2.26. The molecule has 0 aliphatic carbocycles. The Morgan fingerprint density at radius 1 is 1.13 bits per heavy atom. The fourth-order valence-corrected chi connectivity index (χ4v) is 3.49. The van der Waals surface area contributed by atoms with Gasteiger partial charge < -0.3 is 16.0 Å². The Kier molecular flexibility index (Phi) is 7.60. The van der Waals surface area contributed by atoms with Crippen molar-refractivity contribution in [3.8, 4) is 0 Å². The molecule has 3 N–H and O–H groups in total. The maximum Gasteiger partial charge on any atom is 0.251 e. The third-order valence-corrected chi connectivity index (χ3v) is 5.18. The van der Waals surface area contributed by atoms with Gasteiger partial charge in [-0.3, -0.25) is 9.79 Å². The van der Waals surface area contributed by atoms with Crippen molar-refractivity contribution in [2.24, 2.45) is 15.7 Å². The van der Waals surface area contributed by atoms with Gasteiger partial charge in [-0.1, -0.05) is 42.8 Å². The van der Waals surface area contributed by atoms with E-state index in [1.807, 2.05) is 49.4 Å². The summed E-state index contributed by atoms with van der Waals surface area (Å²) in [5, 5.41) is 3.01. The van der Waals surface area contributed by atoms with Crippen LogP contribution in [-0.2, 0) is 6.54 Å². The van der Waals surface area contributed by atoms with Gasteiger partial charge in [0.1, 0.15) is 5.84 Å². The predicted octanol–water partition coefficient (Wildman–Crippen LogP) is 3.82. The minimum Gasteiger partial charge on any atom is -0.386 e. The molecule has 1 heterocycles. The van der Waals surface area contributed by atoms with E-state index in [9.17, 15) is 4.79 Å². The molecular formula is C24H31N5O. The Balaban J connectivity index is 1.55. The molecule has 2 aromatic carbocycles. The highest BCUT2D eigenvalue weighted by molar-refractivity contribution is 5.94. The number of para-hydroxylation sites is 1. The Labute approximate surface area is 178 Å². The van der Waals surface area contributed by atoms with Crippen LogP contribution in [0.3, 0.4) is 0 Å². The van der Waals surface area contributed by atoms with Crippen LogP contribution in [0.5, 0.6) is 0 Å². The van der Waals surface area contributed by atoms with Crippen molar-refractivity contribution in [2.45, 2.75) is 39.7 Å². The number of fused-ring (bicyclic) bond motifs is 1. The van der Waals surface area contributed by atoms with Crippen LogP contribution in [0, 0.1) is 6.92 Å². The highest BCUT2D eigenvalue weighted by atomic mass is 16.1. The first-order valence-electron chi connectivity index (χ1n) is 10.6. The second-order valence-corrected chi connectivity index (χ2v) is 7.57. The molecule has 0 fully saturated rings. The van der Waals surface area contributed by atoms with E-state index in [-0.39, 0.29) is 5.91 Å². The normalized spacial score (nSPS) is 14.0. The summed E-state index contributed by atoms with van der Waals surface area (Å²) in [6.45, 7) is 6.84. The summed E-state index contributed by atoms with van der Waals surface area (Å²) in [5.74, 6) is 1.57. The predicted molar refractivity (Wildman–Crippen MR) is 123 cm³/mol. The van der Waals surface area contributed by atoms with E-state index in [1.54, 1.807) is 0 Å². The van der Waals surface area contributed by atoms with E-state index in [0.29, 0.717) is 24.5 Å². The first-order chi connectivity index (χ1) is 14.6. The largest absolute Gasteiger partial charge is 0.386 e. The molecule has 0 bridgehead atoms. The molecule has 0 radical (unpaired) electrons. The average molecular weight is 406 g/mol. The lowest BCUT2D eigenvalue weighted by molar-refractivity contribution is 0.0952. The lowest BCUT2D eigenvalue weighted by atomic mass is 10.1. The number of hydrogen-bond donors (Lipinski definition) is 2. The van der Waals surface area contributed by atoms with Gasteiger partial charge in [0.2, 0.25) is 0 Å². The summed E-state index contributed by atoms with van der Waals surface area (Å²) < 4.78 is 0. The van der Waals surface area contributed by atoms with Crippen molar-refractivity contribution in [3.63, 3.8) is 0 Å². The number of nitrogens with two attached hydrogens (primary N) is 1. The highest BCUT2D eigenvalue weighted by Crippen LogP contribution is 2.22.